The lowest BCUT2D eigenvalue weighted by molar-refractivity contribution is 0.321. The molecule has 0 fully saturated rings. The van der Waals surface area contributed by atoms with Crippen LogP contribution in [0.3, 0.4) is 0 Å². The Morgan fingerprint density at radius 2 is 1.15 bits per heavy atom. The van der Waals surface area contributed by atoms with E-state index in [2.05, 4.69) is 66.7 Å². The van der Waals surface area contributed by atoms with Gasteiger partial charge in [-0.25, -0.2) is 0 Å². The second-order valence-electron chi connectivity index (χ2n) is 6.67. The van der Waals surface area contributed by atoms with Crippen LogP contribution in [0.4, 0.5) is 11.4 Å². The quantitative estimate of drug-likeness (QED) is 0.349. The summed E-state index contributed by atoms with van der Waals surface area (Å²) in [5.74, 6) is 0.899. The second kappa shape index (κ2) is 6.65. The van der Waals surface area contributed by atoms with Crippen LogP contribution in [0.1, 0.15) is 11.1 Å². The van der Waals surface area contributed by atoms with Crippen LogP contribution in [0.2, 0.25) is 0 Å². The fourth-order valence-corrected chi connectivity index (χ4v) is 3.69. The highest BCUT2D eigenvalue weighted by Crippen LogP contribution is 2.42. The Balaban J connectivity index is 1.57. The van der Waals surface area contributed by atoms with E-state index in [9.17, 15) is 0 Å². The van der Waals surface area contributed by atoms with Gasteiger partial charge in [-0.3, -0.25) is 0 Å². The van der Waals surface area contributed by atoms with Crippen molar-refractivity contribution in [2.45, 2.75) is 6.42 Å². The van der Waals surface area contributed by atoms with E-state index in [1.165, 1.54) is 22.3 Å². The Morgan fingerprint density at radius 3 is 1.85 bits per heavy atom. The highest BCUT2D eigenvalue weighted by atomic mass is 16.7. The largest absolute Gasteiger partial charge is 0.374 e. The smallest absolute Gasteiger partial charge is 0.159 e. The minimum absolute atomic E-state index is 0.899. The van der Waals surface area contributed by atoms with E-state index >= 15 is 0 Å². The molecule has 0 saturated carbocycles. The van der Waals surface area contributed by atoms with E-state index in [-0.39, 0.29) is 0 Å². The number of para-hydroxylation sites is 2. The lowest BCUT2D eigenvalue weighted by Crippen LogP contribution is -2.22. The lowest BCUT2D eigenvalue weighted by Gasteiger charge is -2.25. The van der Waals surface area contributed by atoms with Crippen LogP contribution >= 0.6 is 0 Å². The predicted octanol–water partition coefficient (Wildman–Crippen LogP) is 6.39. The molecule has 27 heavy (non-hydrogen) atoms. The van der Waals surface area contributed by atoms with Crippen LogP contribution in [-0.4, -0.2) is 0 Å². The van der Waals surface area contributed by atoms with E-state index < -0.39 is 0 Å². The van der Waals surface area contributed by atoms with Gasteiger partial charge in [-0.2, -0.15) is 5.06 Å². The molecule has 130 valence electrons. The average Bonchev–Trinajstić information content (AvgIpc) is 3.13. The number of anilines is 2. The van der Waals surface area contributed by atoms with Crippen LogP contribution < -0.4 is 9.90 Å². The fraction of sp³-hybridized carbons (Fsp3) is 0.0400. The van der Waals surface area contributed by atoms with Gasteiger partial charge in [-0.1, -0.05) is 72.8 Å². The van der Waals surface area contributed by atoms with E-state index in [4.69, 9.17) is 4.84 Å². The van der Waals surface area contributed by atoms with E-state index in [0.29, 0.717) is 0 Å². The maximum Gasteiger partial charge on any atom is 0.159 e. The predicted molar refractivity (Wildman–Crippen MR) is 110 cm³/mol. The maximum atomic E-state index is 6.49. The molecule has 1 aliphatic rings. The third kappa shape index (κ3) is 2.85. The van der Waals surface area contributed by atoms with Crippen molar-refractivity contribution in [1.82, 2.24) is 0 Å². The van der Waals surface area contributed by atoms with Gasteiger partial charge in [0.15, 0.2) is 5.75 Å². The van der Waals surface area contributed by atoms with Gasteiger partial charge in [0.2, 0.25) is 0 Å². The van der Waals surface area contributed by atoms with Gasteiger partial charge in [-0.15, -0.1) is 0 Å². The number of hydrogen-bond donors (Lipinski definition) is 0. The zero-order valence-corrected chi connectivity index (χ0v) is 14.9. The maximum absolute atomic E-state index is 6.49. The van der Waals surface area contributed by atoms with Gasteiger partial charge < -0.3 is 4.84 Å². The molecule has 0 heterocycles. The number of hydrogen-bond acceptors (Lipinski definition) is 2. The Kier molecular flexibility index (Phi) is 3.87. The summed E-state index contributed by atoms with van der Waals surface area (Å²) in [4.78, 5) is 6.49. The Hall–Kier alpha value is -3.52. The topological polar surface area (TPSA) is 12.5 Å². The number of fused-ring (bicyclic) bond motifs is 3. The van der Waals surface area contributed by atoms with E-state index in [0.717, 1.165) is 23.5 Å². The third-order valence-corrected chi connectivity index (χ3v) is 4.98. The van der Waals surface area contributed by atoms with Crippen molar-refractivity contribution >= 4 is 11.4 Å². The van der Waals surface area contributed by atoms with Gasteiger partial charge in [0.05, 0.1) is 11.4 Å². The standard InChI is InChI=1S/C25H19NO/c1-3-11-20(12-4-1)26(21-13-5-2-6-14-21)27-25-17-9-16-23-22-15-8-7-10-19(22)18-24(23)25/h1-17H,18H2. The molecule has 5 rings (SSSR count). The summed E-state index contributed by atoms with van der Waals surface area (Å²) in [5.41, 5.74) is 7.17. The highest BCUT2D eigenvalue weighted by molar-refractivity contribution is 5.79. The fourth-order valence-electron chi connectivity index (χ4n) is 3.69. The van der Waals surface area contributed by atoms with Gasteiger partial charge in [0.1, 0.15) is 0 Å². The molecule has 0 amide bonds. The zero-order chi connectivity index (χ0) is 18.1. The van der Waals surface area contributed by atoms with Crippen LogP contribution in [0, 0.1) is 0 Å². The van der Waals surface area contributed by atoms with Crippen LogP contribution in [0.15, 0.2) is 103 Å². The zero-order valence-electron chi connectivity index (χ0n) is 14.9. The molecule has 2 heteroatoms. The molecule has 0 aliphatic heterocycles. The SMILES string of the molecule is c1ccc(N(Oc2cccc3c2Cc2ccccc2-3)c2ccccc2)cc1. The minimum Gasteiger partial charge on any atom is -0.374 e. The van der Waals surface area contributed by atoms with Crippen molar-refractivity contribution < 1.29 is 4.84 Å². The average molecular weight is 349 g/mol. The Labute approximate surface area is 159 Å². The molecule has 0 spiro atoms. The summed E-state index contributed by atoms with van der Waals surface area (Å²) in [6.07, 6.45) is 0.902. The summed E-state index contributed by atoms with van der Waals surface area (Å²) in [6, 6.07) is 35.3. The molecule has 1 aliphatic carbocycles. The summed E-state index contributed by atoms with van der Waals surface area (Å²) in [6.45, 7) is 0. The lowest BCUT2D eigenvalue weighted by atomic mass is 10.1. The molecular formula is C25H19NO. The van der Waals surface area contributed by atoms with Crippen LogP contribution in [0.25, 0.3) is 11.1 Å². The third-order valence-electron chi connectivity index (χ3n) is 4.98. The normalized spacial score (nSPS) is 11.6. The first-order chi connectivity index (χ1) is 13.4. The molecule has 0 bridgehead atoms. The van der Waals surface area contributed by atoms with Crippen LogP contribution in [0.5, 0.6) is 5.75 Å². The van der Waals surface area contributed by atoms with Crippen molar-refractivity contribution in [2.75, 3.05) is 5.06 Å². The summed E-state index contributed by atoms with van der Waals surface area (Å²) >= 11 is 0. The molecule has 0 N–H and O–H groups in total. The molecule has 2 nitrogen and oxygen atoms in total. The molecule has 4 aromatic rings. The van der Waals surface area contributed by atoms with E-state index in [1.807, 2.05) is 41.5 Å². The summed E-state index contributed by atoms with van der Waals surface area (Å²) in [5, 5.41) is 1.90. The van der Waals surface area contributed by atoms with Crippen molar-refractivity contribution in [2.24, 2.45) is 0 Å². The van der Waals surface area contributed by atoms with Gasteiger partial charge in [0.25, 0.3) is 0 Å². The first-order valence-electron chi connectivity index (χ1n) is 9.18. The Bertz CT molecular complexity index is 1030. The first kappa shape index (κ1) is 15.7. The molecular weight excluding hydrogens is 330 g/mol. The van der Waals surface area contributed by atoms with E-state index in [1.54, 1.807) is 0 Å². The molecule has 0 radical (unpaired) electrons. The monoisotopic (exact) mass is 349 g/mol. The molecule has 4 aromatic carbocycles. The highest BCUT2D eigenvalue weighted by Gasteiger charge is 2.23. The first-order valence-corrected chi connectivity index (χ1v) is 9.18. The van der Waals surface area contributed by atoms with Gasteiger partial charge >= 0.3 is 0 Å². The second-order valence-corrected chi connectivity index (χ2v) is 6.67. The van der Waals surface area contributed by atoms with Crippen molar-refractivity contribution in [3.63, 3.8) is 0 Å². The summed E-state index contributed by atoms with van der Waals surface area (Å²) < 4.78 is 0. The minimum atomic E-state index is 0.899. The summed E-state index contributed by atoms with van der Waals surface area (Å²) in [7, 11) is 0. The molecule has 0 unspecified atom stereocenters. The van der Waals surface area contributed by atoms with Crippen molar-refractivity contribution in [1.29, 1.82) is 0 Å². The van der Waals surface area contributed by atoms with Crippen LogP contribution in [-0.2, 0) is 6.42 Å². The van der Waals surface area contributed by atoms with Crippen molar-refractivity contribution in [3.05, 3.63) is 114 Å². The van der Waals surface area contributed by atoms with Gasteiger partial charge in [-0.05, 0) is 47.0 Å². The molecule has 0 aromatic heterocycles. The number of benzene rings is 4. The number of rotatable bonds is 4. The van der Waals surface area contributed by atoms with Gasteiger partial charge in [0, 0.05) is 12.0 Å². The Morgan fingerprint density at radius 1 is 0.556 bits per heavy atom. The molecule has 0 saturated heterocycles. The number of nitrogens with zero attached hydrogens (tertiary/aromatic N) is 1. The molecule has 0 atom stereocenters. The van der Waals surface area contributed by atoms with Crippen molar-refractivity contribution in [3.8, 4) is 16.9 Å².